The number of hydrogen-bond acceptors (Lipinski definition) is 3. The lowest BCUT2D eigenvalue weighted by Gasteiger charge is -2.39. The molecule has 0 aliphatic carbocycles. The van der Waals surface area contributed by atoms with Crippen LogP contribution in [0.15, 0.2) is 42.5 Å². The number of piperazine rings is 1. The van der Waals surface area contributed by atoms with Gasteiger partial charge in [-0.2, -0.15) is 5.26 Å². The molecule has 0 bridgehead atoms. The minimum absolute atomic E-state index is 0.438. The summed E-state index contributed by atoms with van der Waals surface area (Å²) in [7, 11) is 0. The monoisotopic (exact) mass is 279 g/mol. The Labute approximate surface area is 126 Å². The van der Waals surface area contributed by atoms with Gasteiger partial charge in [-0.05, 0) is 23.3 Å². The van der Waals surface area contributed by atoms with Gasteiger partial charge in [-0.15, -0.1) is 0 Å². The van der Waals surface area contributed by atoms with Gasteiger partial charge in [0.25, 0.3) is 0 Å². The Kier molecular flexibility index (Phi) is 3.92. The highest BCUT2D eigenvalue weighted by atomic mass is 15.2. The zero-order chi connectivity index (χ0) is 14.7. The van der Waals surface area contributed by atoms with Crippen molar-refractivity contribution in [2.75, 3.05) is 26.2 Å². The molecule has 0 aromatic heterocycles. The molecule has 2 aromatic carbocycles. The molecule has 1 unspecified atom stereocenters. The Balaban J connectivity index is 1.94. The molecule has 0 amide bonds. The summed E-state index contributed by atoms with van der Waals surface area (Å²) in [6.07, 6.45) is 0.769. The van der Waals surface area contributed by atoms with Crippen molar-refractivity contribution in [1.29, 1.82) is 5.26 Å². The van der Waals surface area contributed by atoms with Crippen molar-refractivity contribution in [3.05, 3.63) is 48.0 Å². The van der Waals surface area contributed by atoms with Crippen LogP contribution >= 0.6 is 0 Å². The number of fused-ring (bicyclic) bond motifs is 1. The Morgan fingerprint density at radius 2 is 1.86 bits per heavy atom. The van der Waals surface area contributed by atoms with Crippen LogP contribution < -0.4 is 5.32 Å². The fraction of sp³-hybridized carbons (Fsp3) is 0.389. The first kappa shape index (κ1) is 14.1. The molecule has 0 saturated carbocycles. The van der Waals surface area contributed by atoms with Crippen LogP contribution in [-0.4, -0.2) is 36.6 Å². The number of rotatable bonds is 3. The van der Waals surface area contributed by atoms with E-state index in [4.69, 9.17) is 0 Å². The molecule has 1 aliphatic heterocycles. The Bertz CT molecular complexity index is 662. The quantitative estimate of drug-likeness (QED) is 0.938. The molecule has 108 valence electrons. The summed E-state index contributed by atoms with van der Waals surface area (Å²) in [4.78, 5) is 2.31. The molecule has 3 heteroatoms. The lowest BCUT2D eigenvalue weighted by molar-refractivity contribution is 0.133. The van der Waals surface area contributed by atoms with Gasteiger partial charge in [0.2, 0.25) is 0 Å². The molecule has 2 aromatic rings. The lowest BCUT2D eigenvalue weighted by atomic mass is 9.89. The molecule has 0 radical (unpaired) electrons. The first-order valence-electron chi connectivity index (χ1n) is 7.57. The van der Waals surface area contributed by atoms with Crippen LogP contribution in [0, 0.1) is 11.3 Å². The van der Waals surface area contributed by atoms with Crippen molar-refractivity contribution in [3.8, 4) is 6.07 Å². The van der Waals surface area contributed by atoms with Crippen LogP contribution in [0.25, 0.3) is 10.8 Å². The number of nitrogens with one attached hydrogen (secondary N) is 1. The second kappa shape index (κ2) is 5.85. The zero-order valence-corrected chi connectivity index (χ0v) is 12.5. The van der Waals surface area contributed by atoms with E-state index in [-0.39, 0.29) is 0 Å². The lowest BCUT2D eigenvalue weighted by Crippen LogP contribution is -2.55. The predicted octanol–water partition coefficient (Wildman–Crippen LogP) is 2.57. The normalized spacial score (nSPS) is 19.0. The van der Waals surface area contributed by atoms with Crippen LogP contribution in [-0.2, 0) is 6.42 Å². The molecule has 21 heavy (non-hydrogen) atoms. The minimum Gasteiger partial charge on any atom is -0.314 e. The Morgan fingerprint density at radius 3 is 2.62 bits per heavy atom. The van der Waals surface area contributed by atoms with E-state index in [1.165, 1.54) is 16.3 Å². The summed E-state index contributed by atoms with van der Waals surface area (Å²) >= 11 is 0. The fourth-order valence-electron chi connectivity index (χ4n) is 3.20. The van der Waals surface area contributed by atoms with E-state index in [0.29, 0.717) is 0 Å². The SMILES string of the molecule is CC(C#N)(Cc1cccc2ccccc12)N1CCNCC1. The number of hydrogen-bond donors (Lipinski definition) is 1. The van der Waals surface area contributed by atoms with Crippen LogP contribution in [0.3, 0.4) is 0 Å². The molecule has 1 atom stereocenters. The summed E-state index contributed by atoms with van der Waals surface area (Å²) < 4.78 is 0. The highest BCUT2D eigenvalue weighted by Gasteiger charge is 2.33. The Hall–Kier alpha value is -1.89. The van der Waals surface area contributed by atoms with Gasteiger partial charge in [0, 0.05) is 32.6 Å². The first-order chi connectivity index (χ1) is 10.2. The van der Waals surface area contributed by atoms with Gasteiger partial charge in [0.05, 0.1) is 6.07 Å². The summed E-state index contributed by atoms with van der Waals surface area (Å²) in [5.74, 6) is 0. The summed E-state index contributed by atoms with van der Waals surface area (Å²) in [6, 6.07) is 17.4. The number of nitrogens with zero attached hydrogens (tertiary/aromatic N) is 2. The van der Waals surface area contributed by atoms with E-state index >= 15 is 0 Å². The van der Waals surface area contributed by atoms with Crippen LogP contribution in [0.2, 0.25) is 0 Å². The third-order valence-electron chi connectivity index (χ3n) is 4.47. The first-order valence-corrected chi connectivity index (χ1v) is 7.57. The molecule has 1 saturated heterocycles. The fourth-order valence-corrected chi connectivity index (χ4v) is 3.20. The van der Waals surface area contributed by atoms with Gasteiger partial charge in [0.1, 0.15) is 5.54 Å². The van der Waals surface area contributed by atoms with Gasteiger partial charge in [-0.3, -0.25) is 4.90 Å². The molecular formula is C18H21N3. The van der Waals surface area contributed by atoms with Crippen molar-refractivity contribution >= 4 is 10.8 Å². The second-order valence-corrected chi connectivity index (χ2v) is 5.94. The average Bonchev–Trinajstić information content (AvgIpc) is 2.56. The van der Waals surface area contributed by atoms with Crippen molar-refractivity contribution < 1.29 is 0 Å². The van der Waals surface area contributed by atoms with Crippen LogP contribution in [0.1, 0.15) is 12.5 Å². The van der Waals surface area contributed by atoms with Gasteiger partial charge >= 0.3 is 0 Å². The van der Waals surface area contributed by atoms with E-state index in [1.54, 1.807) is 0 Å². The molecule has 0 spiro atoms. The molecule has 3 nitrogen and oxygen atoms in total. The van der Waals surface area contributed by atoms with Gasteiger partial charge in [-0.1, -0.05) is 42.5 Å². The maximum atomic E-state index is 9.76. The zero-order valence-electron chi connectivity index (χ0n) is 12.5. The van der Waals surface area contributed by atoms with Crippen molar-refractivity contribution in [3.63, 3.8) is 0 Å². The number of benzene rings is 2. The summed E-state index contributed by atoms with van der Waals surface area (Å²) in [6.45, 7) is 5.88. The molecule has 3 rings (SSSR count). The van der Waals surface area contributed by atoms with Crippen molar-refractivity contribution in [2.45, 2.75) is 18.9 Å². The average molecular weight is 279 g/mol. The molecule has 1 N–H and O–H groups in total. The molecule has 1 aliphatic rings. The van der Waals surface area contributed by atoms with Crippen LogP contribution in [0.4, 0.5) is 0 Å². The maximum Gasteiger partial charge on any atom is 0.110 e. The van der Waals surface area contributed by atoms with Gasteiger partial charge in [0.15, 0.2) is 0 Å². The molecular weight excluding hydrogens is 258 g/mol. The second-order valence-electron chi connectivity index (χ2n) is 5.94. The van der Waals surface area contributed by atoms with Crippen LogP contribution in [0.5, 0.6) is 0 Å². The van der Waals surface area contributed by atoms with E-state index in [1.807, 2.05) is 0 Å². The smallest absolute Gasteiger partial charge is 0.110 e. The molecule has 1 heterocycles. The standard InChI is InChI=1S/C18H21N3/c1-18(14-19,21-11-9-20-10-12-21)13-16-7-4-6-15-5-2-3-8-17(15)16/h2-8,20H,9-13H2,1H3. The van der Waals surface area contributed by atoms with Gasteiger partial charge < -0.3 is 5.32 Å². The third-order valence-corrected chi connectivity index (χ3v) is 4.47. The van der Waals surface area contributed by atoms with Crippen molar-refractivity contribution in [2.24, 2.45) is 0 Å². The molecule has 1 fully saturated rings. The largest absolute Gasteiger partial charge is 0.314 e. The number of nitriles is 1. The van der Waals surface area contributed by atoms with E-state index in [2.05, 4.69) is 65.7 Å². The highest BCUT2D eigenvalue weighted by Crippen LogP contribution is 2.26. The van der Waals surface area contributed by atoms with Gasteiger partial charge in [-0.25, -0.2) is 0 Å². The highest BCUT2D eigenvalue weighted by molar-refractivity contribution is 5.85. The minimum atomic E-state index is -0.438. The van der Waals surface area contributed by atoms with Crippen molar-refractivity contribution in [1.82, 2.24) is 10.2 Å². The Morgan fingerprint density at radius 1 is 1.14 bits per heavy atom. The van der Waals surface area contributed by atoms with E-state index in [0.717, 1.165) is 32.6 Å². The summed E-state index contributed by atoms with van der Waals surface area (Å²) in [5, 5.41) is 15.6. The summed E-state index contributed by atoms with van der Waals surface area (Å²) in [5.41, 5.74) is 0.822. The third kappa shape index (κ3) is 2.78. The predicted molar refractivity (Wildman–Crippen MR) is 86.1 cm³/mol. The topological polar surface area (TPSA) is 39.1 Å². The van der Waals surface area contributed by atoms with E-state index in [9.17, 15) is 5.26 Å². The van der Waals surface area contributed by atoms with E-state index < -0.39 is 5.54 Å². The maximum absolute atomic E-state index is 9.76.